The first-order valence-electron chi connectivity index (χ1n) is 7.95. The summed E-state index contributed by atoms with van der Waals surface area (Å²) in [5, 5.41) is 9.94. The second-order valence-corrected chi connectivity index (χ2v) is 6.71. The van der Waals surface area contributed by atoms with E-state index in [9.17, 15) is 14.3 Å². The summed E-state index contributed by atoms with van der Waals surface area (Å²) < 4.78 is 13.8. The number of benzene rings is 1. The maximum atomic E-state index is 13.8. The highest BCUT2D eigenvalue weighted by molar-refractivity contribution is 6.31. The number of nitrogens with zero attached hydrogens (tertiary/aromatic N) is 2. The topological polar surface area (TPSA) is 43.8 Å². The fraction of sp³-hybridized carbons (Fsp3) is 0.588. The van der Waals surface area contributed by atoms with Crippen molar-refractivity contribution >= 4 is 17.5 Å². The number of rotatable bonds is 5. The van der Waals surface area contributed by atoms with Gasteiger partial charge in [0, 0.05) is 24.2 Å². The quantitative estimate of drug-likeness (QED) is 0.894. The van der Waals surface area contributed by atoms with Gasteiger partial charge in [-0.3, -0.25) is 9.69 Å². The summed E-state index contributed by atoms with van der Waals surface area (Å²) >= 11 is 6.00. The van der Waals surface area contributed by atoms with Gasteiger partial charge in [-0.05, 0) is 50.9 Å². The standard InChI is InChI=1S/C17H24ClFN2O2/c1-12(22)13-6-8-21(9-7-13)11-17(23)20(2)10-14-15(18)4-3-5-16(14)19/h3-5,12-13,22H,6-11H2,1-2H3. The Balaban J connectivity index is 1.86. The number of halogens is 2. The molecule has 1 heterocycles. The number of likely N-dealkylation sites (tertiary alicyclic amines) is 1. The normalized spacial score (nSPS) is 18.0. The van der Waals surface area contributed by atoms with Crippen molar-refractivity contribution < 1.29 is 14.3 Å². The number of aliphatic hydroxyl groups is 1. The van der Waals surface area contributed by atoms with Crippen LogP contribution in [0.5, 0.6) is 0 Å². The molecule has 1 aromatic rings. The minimum atomic E-state index is -0.394. The lowest BCUT2D eigenvalue weighted by molar-refractivity contribution is -0.132. The van der Waals surface area contributed by atoms with Gasteiger partial charge in [-0.1, -0.05) is 17.7 Å². The molecule has 1 aromatic carbocycles. The van der Waals surface area contributed by atoms with Crippen molar-refractivity contribution in [3.05, 3.63) is 34.6 Å². The molecule has 6 heteroatoms. The molecule has 0 bridgehead atoms. The number of carbonyl (C=O) groups excluding carboxylic acids is 1. The molecule has 4 nitrogen and oxygen atoms in total. The van der Waals surface area contributed by atoms with Gasteiger partial charge in [-0.2, -0.15) is 0 Å². The third-order valence-corrected chi connectivity index (χ3v) is 4.91. The van der Waals surface area contributed by atoms with Gasteiger partial charge < -0.3 is 10.0 Å². The first-order chi connectivity index (χ1) is 10.9. The summed E-state index contributed by atoms with van der Waals surface area (Å²) in [5.74, 6) is -0.133. The van der Waals surface area contributed by atoms with Gasteiger partial charge in [0.25, 0.3) is 0 Å². The molecule has 1 unspecified atom stereocenters. The van der Waals surface area contributed by atoms with Crippen molar-refractivity contribution in [2.75, 3.05) is 26.7 Å². The van der Waals surface area contributed by atoms with Crippen LogP contribution < -0.4 is 0 Å². The van der Waals surface area contributed by atoms with Gasteiger partial charge in [0.15, 0.2) is 0 Å². The molecule has 0 spiro atoms. The van der Waals surface area contributed by atoms with Crippen LogP contribution in [0.2, 0.25) is 5.02 Å². The Morgan fingerprint density at radius 2 is 2.13 bits per heavy atom. The van der Waals surface area contributed by atoms with Crippen LogP contribution in [0.4, 0.5) is 4.39 Å². The molecule has 23 heavy (non-hydrogen) atoms. The molecular weight excluding hydrogens is 319 g/mol. The zero-order chi connectivity index (χ0) is 17.0. The van der Waals surface area contributed by atoms with Crippen LogP contribution in [-0.2, 0) is 11.3 Å². The largest absolute Gasteiger partial charge is 0.393 e. The number of likely N-dealkylation sites (N-methyl/N-ethyl adjacent to an activating group) is 1. The average molecular weight is 343 g/mol. The van der Waals surface area contributed by atoms with Crippen LogP contribution in [0, 0.1) is 11.7 Å². The third-order valence-electron chi connectivity index (χ3n) is 4.56. The summed E-state index contributed by atoms with van der Waals surface area (Å²) in [7, 11) is 1.66. The Morgan fingerprint density at radius 1 is 1.48 bits per heavy atom. The van der Waals surface area contributed by atoms with Crippen LogP contribution in [0.15, 0.2) is 18.2 Å². The molecule has 2 rings (SSSR count). The predicted octanol–water partition coefficient (Wildman–Crippen LogP) is 2.53. The molecule has 1 atom stereocenters. The SMILES string of the molecule is CC(O)C1CCN(CC(=O)N(C)Cc2c(F)cccc2Cl)CC1. The van der Waals surface area contributed by atoms with Gasteiger partial charge in [0.2, 0.25) is 5.91 Å². The molecule has 1 fully saturated rings. The molecule has 1 saturated heterocycles. The van der Waals surface area contributed by atoms with E-state index in [1.54, 1.807) is 19.2 Å². The Hall–Kier alpha value is -1.17. The van der Waals surface area contributed by atoms with Gasteiger partial charge >= 0.3 is 0 Å². The average Bonchev–Trinajstić information content (AvgIpc) is 2.51. The number of hydrogen-bond acceptors (Lipinski definition) is 3. The maximum absolute atomic E-state index is 13.8. The van der Waals surface area contributed by atoms with Crippen LogP contribution in [0.25, 0.3) is 0 Å². The number of piperidine rings is 1. The fourth-order valence-corrected chi connectivity index (χ4v) is 3.14. The summed E-state index contributed by atoms with van der Waals surface area (Å²) in [6, 6.07) is 4.52. The Labute approximate surface area is 141 Å². The van der Waals surface area contributed by atoms with Gasteiger partial charge in [0.05, 0.1) is 12.6 Å². The van der Waals surface area contributed by atoms with Crippen molar-refractivity contribution in [1.82, 2.24) is 9.80 Å². The van der Waals surface area contributed by atoms with Crippen LogP contribution in [0.1, 0.15) is 25.3 Å². The second-order valence-electron chi connectivity index (χ2n) is 6.30. The Bertz CT molecular complexity index is 525. The lowest BCUT2D eigenvalue weighted by atomic mass is 9.92. The molecule has 128 valence electrons. The highest BCUT2D eigenvalue weighted by Gasteiger charge is 2.24. The van der Waals surface area contributed by atoms with Crippen molar-refractivity contribution in [1.29, 1.82) is 0 Å². The molecule has 1 aliphatic rings. The van der Waals surface area contributed by atoms with E-state index in [2.05, 4.69) is 4.90 Å². The van der Waals surface area contributed by atoms with E-state index in [-0.39, 0.29) is 18.6 Å². The number of hydrogen-bond donors (Lipinski definition) is 1. The predicted molar refractivity (Wildman–Crippen MR) is 88.7 cm³/mol. The van der Waals surface area contributed by atoms with Crippen molar-refractivity contribution in [2.45, 2.75) is 32.4 Å². The summed E-state index contributed by atoms with van der Waals surface area (Å²) in [6.45, 7) is 3.90. The number of carbonyl (C=O) groups is 1. The van der Waals surface area contributed by atoms with Gasteiger partial charge in [0.1, 0.15) is 5.82 Å². The summed E-state index contributed by atoms with van der Waals surface area (Å²) in [4.78, 5) is 15.9. The van der Waals surface area contributed by atoms with Crippen LogP contribution >= 0.6 is 11.6 Å². The zero-order valence-electron chi connectivity index (χ0n) is 13.6. The van der Waals surface area contributed by atoms with Crippen LogP contribution in [-0.4, -0.2) is 53.6 Å². The van der Waals surface area contributed by atoms with E-state index in [0.29, 0.717) is 23.0 Å². The van der Waals surface area contributed by atoms with Crippen molar-refractivity contribution in [3.8, 4) is 0 Å². The molecule has 0 saturated carbocycles. The molecule has 0 aliphatic carbocycles. The highest BCUT2D eigenvalue weighted by Crippen LogP contribution is 2.22. The number of amides is 1. The Kier molecular flexibility index (Phi) is 6.39. The molecular formula is C17H24ClFN2O2. The van der Waals surface area contributed by atoms with E-state index in [1.807, 2.05) is 6.92 Å². The first-order valence-corrected chi connectivity index (χ1v) is 8.33. The smallest absolute Gasteiger partial charge is 0.236 e. The minimum absolute atomic E-state index is 0.0557. The molecule has 1 amide bonds. The van der Waals surface area contributed by atoms with Crippen molar-refractivity contribution in [2.24, 2.45) is 5.92 Å². The molecule has 1 N–H and O–H groups in total. The maximum Gasteiger partial charge on any atom is 0.236 e. The lowest BCUT2D eigenvalue weighted by Gasteiger charge is -2.33. The lowest BCUT2D eigenvalue weighted by Crippen LogP contribution is -2.43. The monoisotopic (exact) mass is 342 g/mol. The Morgan fingerprint density at radius 3 is 2.70 bits per heavy atom. The molecule has 0 radical (unpaired) electrons. The van der Waals surface area contributed by atoms with Gasteiger partial charge in [-0.15, -0.1) is 0 Å². The number of aliphatic hydroxyl groups excluding tert-OH is 1. The van der Waals surface area contributed by atoms with E-state index in [4.69, 9.17) is 11.6 Å². The van der Waals surface area contributed by atoms with E-state index >= 15 is 0 Å². The van der Waals surface area contributed by atoms with Crippen LogP contribution in [0.3, 0.4) is 0 Å². The van der Waals surface area contributed by atoms with E-state index in [0.717, 1.165) is 25.9 Å². The van der Waals surface area contributed by atoms with E-state index < -0.39 is 5.82 Å². The highest BCUT2D eigenvalue weighted by atomic mass is 35.5. The summed E-state index contributed by atoms with van der Waals surface area (Å²) in [6.07, 6.45) is 1.50. The van der Waals surface area contributed by atoms with Gasteiger partial charge in [-0.25, -0.2) is 4.39 Å². The molecule has 1 aliphatic heterocycles. The fourth-order valence-electron chi connectivity index (χ4n) is 2.91. The molecule has 0 aromatic heterocycles. The second kappa shape index (κ2) is 8.08. The zero-order valence-corrected chi connectivity index (χ0v) is 14.4. The first kappa shape index (κ1) is 18.2. The van der Waals surface area contributed by atoms with E-state index in [1.165, 1.54) is 11.0 Å². The summed E-state index contributed by atoms with van der Waals surface area (Å²) in [5.41, 5.74) is 0.345. The minimum Gasteiger partial charge on any atom is -0.393 e. The van der Waals surface area contributed by atoms with Crippen molar-refractivity contribution in [3.63, 3.8) is 0 Å². The third kappa shape index (κ3) is 4.90.